The quantitative estimate of drug-likeness (QED) is 0.340. The molecule has 0 spiro atoms. The number of carboxylic acids is 1. The molecule has 38 heavy (non-hydrogen) atoms. The Morgan fingerprint density at radius 2 is 1.79 bits per heavy atom. The van der Waals surface area contributed by atoms with E-state index in [-0.39, 0.29) is 24.8 Å². The molecule has 1 saturated carbocycles. The smallest absolute Gasteiger partial charge is 0.417 e. The molecule has 0 aliphatic heterocycles. The molecule has 4 rings (SSSR count). The average Bonchev–Trinajstić information content (AvgIpc) is 3.23. The van der Waals surface area contributed by atoms with E-state index in [1.54, 1.807) is 28.9 Å². The van der Waals surface area contributed by atoms with Crippen LogP contribution in [0.3, 0.4) is 0 Å². The Balaban J connectivity index is 1.54. The highest BCUT2D eigenvalue weighted by molar-refractivity contribution is 5.94. The number of nitrogens with one attached hydrogen (secondary N) is 2. The number of pyridine rings is 1. The van der Waals surface area contributed by atoms with Gasteiger partial charge in [-0.1, -0.05) is 19.3 Å². The molecule has 3 aromatic rings. The maximum absolute atomic E-state index is 13.1. The van der Waals surface area contributed by atoms with Gasteiger partial charge in [-0.05, 0) is 56.2 Å². The number of hydrogen-bond acceptors (Lipinski definition) is 5. The van der Waals surface area contributed by atoms with Gasteiger partial charge >= 0.3 is 12.1 Å². The number of carbonyl (C=O) groups excluding carboxylic acids is 1. The number of alkyl halides is 3. The van der Waals surface area contributed by atoms with E-state index < -0.39 is 17.7 Å². The lowest BCUT2D eigenvalue weighted by molar-refractivity contribution is -0.138. The number of rotatable bonds is 9. The van der Waals surface area contributed by atoms with Gasteiger partial charge in [0.05, 0.1) is 23.4 Å². The van der Waals surface area contributed by atoms with E-state index in [0.717, 1.165) is 67.0 Å². The molecule has 0 radical (unpaired) electrons. The van der Waals surface area contributed by atoms with Crippen LogP contribution >= 0.6 is 0 Å². The zero-order chi connectivity index (χ0) is 27.3. The van der Waals surface area contributed by atoms with Crippen LogP contribution in [0.15, 0.2) is 42.6 Å². The summed E-state index contributed by atoms with van der Waals surface area (Å²) in [6.45, 7) is 2.38. The Kier molecular flexibility index (Phi) is 8.33. The molecule has 1 aliphatic rings. The van der Waals surface area contributed by atoms with Gasteiger partial charge in [0.15, 0.2) is 5.82 Å². The van der Waals surface area contributed by atoms with Crippen LogP contribution in [0.4, 0.5) is 18.9 Å². The molecular weight excluding hydrogens is 499 g/mol. The van der Waals surface area contributed by atoms with Crippen LogP contribution < -0.4 is 10.6 Å². The summed E-state index contributed by atoms with van der Waals surface area (Å²) >= 11 is 0. The SMILES string of the molecule is Cc1nn(-c2ccc(C(F)(F)F)cn2)c(C2CCCCC2)c1CNc1ccc(C(=O)NCCC(=O)O)cc1. The maximum atomic E-state index is 13.1. The Bertz CT molecular complexity index is 1260. The number of carboxylic acid groups (broad SMARTS) is 1. The third-order valence-corrected chi connectivity index (χ3v) is 6.75. The van der Waals surface area contributed by atoms with Gasteiger partial charge in [-0.2, -0.15) is 18.3 Å². The van der Waals surface area contributed by atoms with Crippen molar-refractivity contribution in [1.29, 1.82) is 0 Å². The fourth-order valence-electron chi connectivity index (χ4n) is 4.76. The highest BCUT2D eigenvalue weighted by atomic mass is 19.4. The summed E-state index contributed by atoms with van der Waals surface area (Å²) in [5.74, 6) is -0.752. The summed E-state index contributed by atoms with van der Waals surface area (Å²) < 4.78 is 40.9. The van der Waals surface area contributed by atoms with Gasteiger partial charge in [-0.15, -0.1) is 0 Å². The third-order valence-electron chi connectivity index (χ3n) is 6.75. The van der Waals surface area contributed by atoms with Crippen molar-refractivity contribution in [2.75, 3.05) is 11.9 Å². The molecule has 0 unspecified atom stereocenters. The van der Waals surface area contributed by atoms with E-state index in [9.17, 15) is 22.8 Å². The normalized spacial score (nSPS) is 14.3. The van der Waals surface area contributed by atoms with Crippen molar-refractivity contribution in [3.8, 4) is 5.82 Å². The van der Waals surface area contributed by atoms with Crippen molar-refractivity contribution >= 4 is 17.6 Å². The highest BCUT2D eigenvalue weighted by Crippen LogP contribution is 2.37. The van der Waals surface area contributed by atoms with Gasteiger partial charge in [-0.25, -0.2) is 9.67 Å². The predicted molar refractivity (Wildman–Crippen MR) is 135 cm³/mol. The number of halogens is 3. The Morgan fingerprint density at radius 1 is 1.08 bits per heavy atom. The molecule has 2 heterocycles. The van der Waals surface area contributed by atoms with Crippen LogP contribution in [-0.2, 0) is 17.5 Å². The lowest BCUT2D eigenvalue weighted by Gasteiger charge is -2.24. The molecule has 0 bridgehead atoms. The molecule has 2 aromatic heterocycles. The summed E-state index contributed by atoms with van der Waals surface area (Å²) in [6, 6.07) is 9.24. The first-order valence-electron chi connectivity index (χ1n) is 12.6. The van der Waals surface area contributed by atoms with Gasteiger partial charge in [0.25, 0.3) is 5.91 Å². The Hall–Kier alpha value is -3.89. The van der Waals surface area contributed by atoms with Crippen LogP contribution in [0.5, 0.6) is 0 Å². The number of amides is 1. The second kappa shape index (κ2) is 11.7. The number of nitrogens with zero attached hydrogens (tertiary/aromatic N) is 3. The zero-order valence-corrected chi connectivity index (χ0v) is 21.0. The number of aryl methyl sites for hydroxylation is 1. The summed E-state index contributed by atoms with van der Waals surface area (Å²) in [5, 5.41) is 19.3. The lowest BCUT2D eigenvalue weighted by Crippen LogP contribution is -2.25. The number of carbonyl (C=O) groups is 2. The topological polar surface area (TPSA) is 109 Å². The molecule has 3 N–H and O–H groups in total. The Morgan fingerprint density at radius 3 is 2.39 bits per heavy atom. The summed E-state index contributed by atoms with van der Waals surface area (Å²) in [7, 11) is 0. The van der Waals surface area contributed by atoms with Gasteiger partial charge in [-0.3, -0.25) is 9.59 Å². The molecular formula is C27H30F3N5O3. The standard InChI is InChI=1S/C27H30F3N5O3/c1-17-22(16-32-21-10-7-19(8-11-21)26(38)31-14-13-24(36)37)25(18-5-3-2-4-6-18)35(34-17)23-12-9-20(15-33-23)27(28,29)30/h7-12,15,18,32H,2-6,13-14,16H2,1H3,(H,31,38)(H,36,37). The summed E-state index contributed by atoms with van der Waals surface area (Å²) in [5.41, 5.74) is 3.12. The van der Waals surface area contributed by atoms with Crippen LogP contribution in [0, 0.1) is 6.92 Å². The predicted octanol–water partition coefficient (Wildman–Crippen LogP) is 5.46. The van der Waals surface area contributed by atoms with Crippen molar-refractivity contribution in [2.24, 2.45) is 0 Å². The minimum atomic E-state index is -4.46. The number of hydrogen-bond donors (Lipinski definition) is 3. The monoisotopic (exact) mass is 529 g/mol. The van der Waals surface area contributed by atoms with Crippen molar-refractivity contribution < 1.29 is 27.9 Å². The second-order valence-corrected chi connectivity index (χ2v) is 9.43. The summed E-state index contributed by atoms with van der Waals surface area (Å²) in [4.78, 5) is 26.9. The minimum absolute atomic E-state index is 0.0508. The van der Waals surface area contributed by atoms with E-state index >= 15 is 0 Å². The van der Waals surface area contributed by atoms with E-state index in [2.05, 4.69) is 20.7 Å². The van der Waals surface area contributed by atoms with Crippen LogP contribution in [-0.4, -0.2) is 38.3 Å². The number of benzene rings is 1. The minimum Gasteiger partial charge on any atom is -0.481 e. The molecule has 0 atom stereocenters. The number of aliphatic carboxylic acids is 1. The molecule has 11 heteroatoms. The van der Waals surface area contributed by atoms with Crippen molar-refractivity contribution in [1.82, 2.24) is 20.1 Å². The van der Waals surface area contributed by atoms with Gasteiger partial charge in [0.2, 0.25) is 0 Å². The molecule has 202 valence electrons. The maximum Gasteiger partial charge on any atom is 0.417 e. The average molecular weight is 530 g/mol. The van der Waals surface area contributed by atoms with Crippen LogP contribution in [0.1, 0.15) is 77.3 Å². The van der Waals surface area contributed by atoms with E-state index in [0.29, 0.717) is 17.9 Å². The molecule has 8 nitrogen and oxygen atoms in total. The van der Waals surface area contributed by atoms with E-state index in [4.69, 9.17) is 5.11 Å². The third kappa shape index (κ3) is 6.51. The first kappa shape index (κ1) is 27.2. The first-order valence-corrected chi connectivity index (χ1v) is 12.6. The molecule has 1 aliphatic carbocycles. The van der Waals surface area contributed by atoms with Crippen LogP contribution in [0.2, 0.25) is 0 Å². The molecule has 0 saturated heterocycles. The molecule has 1 amide bonds. The highest BCUT2D eigenvalue weighted by Gasteiger charge is 2.31. The van der Waals surface area contributed by atoms with Crippen molar-refractivity contribution in [3.63, 3.8) is 0 Å². The fraction of sp³-hybridized carbons (Fsp3) is 0.407. The van der Waals surface area contributed by atoms with Gasteiger partial charge < -0.3 is 15.7 Å². The first-order chi connectivity index (χ1) is 18.1. The van der Waals surface area contributed by atoms with E-state index in [1.807, 2.05) is 6.92 Å². The zero-order valence-electron chi connectivity index (χ0n) is 21.0. The fourth-order valence-corrected chi connectivity index (χ4v) is 4.76. The number of anilines is 1. The summed E-state index contributed by atoms with van der Waals surface area (Å²) in [6.07, 6.45) is 1.51. The largest absolute Gasteiger partial charge is 0.481 e. The molecule has 1 aromatic carbocycles. The van der Waals surface area contributed by atoms with Crippen LogP contribution in [0.25, 0.3) is 5.82 Å². The van der Waals surface area contributed by atoms with Gasteiger partial charge in [0.1, 0.15) is 0 Å². The molecule has 1 fully saturated rings. The van der Waals surface area contributed by atoms with Crippen molar-refractivity contribution in [3.05, 3.63) is 70.7 Å². The number of aromatic nitrogens is 3. The van der Waals surface area contributed by atoms with Gasteiger partial charge in [0, 0.05) is 42.0 Å². The second-order valence-electron chi connectivity index (χ2n) is 9.43. The van der Waals surface area contributed by atoms with E-state index in [1.165, 1.54) is 6.07 Å². The van der Waals surface area contributed by atoms with Crippen molar-refractivity contribution in [2.45, 2.75) is 64.1 Å². The lowest BCUT2D eigenvalue weighted by atomic mass is 9.85. The Labute approximate surface area is 218 Å².